The fraction of sp³-hybridized carbons (Fsp3) is 0.0667. The Kier molecular flexibility index (Phi) is 3.25. The van der Waals surface area contributed by atoms with Crippen molar-refractivity contribution in [2.45, 2.75) is 6.54 Å². The minimum absolute atomic E-state index is 0.0563. The molecule has 1 amide bonds. The van der Waals surface area contributed by atoms with Crippen LogP contribution in [0.4, 0.5) is 0 Å². The molecule has 94 valence electrons. The minimum Gasteiger partial charge on any atom is -0.347 e. The van der Waals surface area contributed by atoms with Crippen molar-refractivity contribution in [2.75, 3.05) is 0 Å². The summed E-state index contributed by atoms with van der Waals surface area (Å²) in [5, 5.41) is 5.90. The number of carbonyl (C=O) groups is 1. The maximum Gasteiger partial charge on any atom is 0.251 e. The third-order valence-corrected chi connectivity index (χ3v) is 3.74. The van der Waals surface area contributed by atoms with Crippen LogP contribution in [0.15, 0.2) is 54.0 Å². The van der Waals surface area contributed by atoms with Crippen molar-refractivity contribution in [3.63, 3.8) is 0 Å². The van der Waals surface area contributed by atoms with E-state index in [2.05, 4.69) is 10.3 Å². The average Bonchev–Trinajstić information content (AvgIpc) is 2.97. The molecule has 3 aromatic rings. The van der Waals surface area contributed by atoms with Gasteiger partial charge in [-0.05, 0) is 35.7 Å². The van der Waals surface area contributed by atoms with Crippen molar-refractivity contribution in [3.05, 3.63) is 64.5 Å². The third-order valence-electron chi connectivity index (χ3n) is 2.87. The Bertz CT molecular complexity index is 707. The molecular weight excluding hydrogens is 256 g/mol. The van der Waals surface area contributed by atoms with Gasteiger partial charge in [-0.3, -0.25) is 9.78 Å². The van der Waals surface area contributed by atoms with Gasteiger partial charge in [0.1, 0.15) is 0 Å². The topological polar surface area (TPSA) is 42.0 Å². The number of pyridine rings is 1. The van der Waals surface area contributed by atoms with Crippen LogP contribution in [0.25, 0.3) is 10.9 Å². The highest BCUT2D eigenvalue weighted by Gasteiger charge is 2.06. The van der Waals surface area contributed by atoms with Crippen molar-refractivity contribution >= 4 is 28.1 Å². The van der Waals surface area contributed by atoms with Gasteiger partial charge < -0.3 is 5.32 Å². The van der Waals surface area contributed by atoms with Crippen molar-refractivity contribution in [2.24, 2.45) is 0 Å². The van der Waals surface area contributed by atoms with Gasteiger partial charge in [-0.2, -0.15) is 0 Å². The molecule has 1 aromatic carbocycles. The number of carbonyl (C=O) groups excluding carboxylic acids is 1. The molecule has 0 saturated carbocycles. The lowest BCUT2D eigenvalue weighted by atomic mass is 10.1. The number of hydrogen-bond acceptors (Lipinski definition) is 3. The Morgan fingerprint density at radius 3 is 3.00 bits per heavy atom. The lowest BCUT2D eigenvalue weighted by molar-refractivity contribution is 0.0951. The number of rotatable bonds is 3. The number of thiophene rings is 1. The van der Waals surface area contributed by atoms with Crippen LogP contribution in [0.2, 0.25) is 0 Å². The number of benzene rings is 1. The lowest BCUT2D eigenvalue weighted by Crippen LogP contribution is -2.22. The monoisotopic (exact) mass is 268 g/mol. The fourth-order valence-electron chi connectivity index (χ4n) is 1.90. The number of nitrogens with zero attached hydrogens (tertiary/aromatic N) is 1. The van der Waals surface area contributed by atoms with E-state index in [0.29, 0.717) is 12.1 Å². The van der Waals surface area contributed by atoms with Crippen molar-refractivity contribution in [1.29, 1.82) is 0 Å². The summed E-state index contributed by atoms with van der Waals surface area (Å²) in [6.07, 6.45) is 1.75. The molecule has 0 unspecified atom stereocenters. The summed E-state index contributed by atoms with van der Waals surface area (Å²) in [6, 6.07) is 13.4. The van der Waals surface area contributed by atoms with Crippen molar-refractivity contribution in [3.8, 4) is 0 Å². The molecule has 19 heavy (non-hydrogen) atoms. The summed E-state index contributed by atoms with van der Waals surface area (Å²) in [7, 11) is 0. The van der Waals surface area contributed by atoms with E-state index in [0.717, 1.165) is 15.8 Å². The molecule has 0 bridgehead atoms. The largest absolute Gasteiger partial charge is 0.347 e. The first-order valence-corrected chi connectivity index (χ1v) is 6.86. The zero-order chi connectivity index (χ0) is 13.1. The summed E-state index contributed by atoms with van der Waals surface area (Å²) in [5.41, 5.74) is 1.56. The van der Waals surface area contributed by atoms with E-state index in [1.54, 1.807) is 23.6 Å². The Labute approximate surface area is 114 Å². The molecule has 0 fully saturated rings. The Balaban J connectivity index is 1.77. The van der Waals surface area contributed by atoms with Gasteiger partial charge in [0.25, 0.3) is 5.91 Å². The Morgan fingerprint density at radius 2 is 2.16 bits per heavy atom. The first kappa shape index (κ1) is 11.9. The van der Waals surface area contributed by atoms with Crippen LogP contribution in [0, 0.1) is 0 Å². The average molecular weight is 268 g/mol. The van der Waals surface area contributed by atoms with Crippen LogP contribution in [-0.2, 0) is 6.54 Å². The summed E-state index contributed by atoms with van der Waals surface area (Å²) < 4.78 is 0. The van der Waals surface area contributed by atoms with Crippen LogP contribution < -0.4 is 5.32 Å². The van der Waals surface area contributed by atoms with Gasteiger partial charge in [-0.25, -0.2) is 0 Å². The van der Waals surface area contributed by atoms with Crippen LogP contribution in [0.1, 0.15) is 15.2 Å². The standard InChI is InChI=1S/C15H12N2OS/c18-15(17-10-13-4-2-8-19-13)12-5-6-14-11(9-12)3-1-7-16-14/h1-9H,10H2,(H,17,18). The van der Waals surface area contributed by atoms with Gasteiger partial charge in [-0.15, -0.1) is 11.3 Å². The number of aromatic nitrogens is 1. The first-order chi connectivity index (χ1) is 9.33. The Morgan fingerprint density at radius 1 is 1.21 bits per heavy atom. The van der Waals surface area contributed by atoms with E-state index in [-0.39, 0.29) is 5.91 Å². The smallest absolute Gasteiger partial charge is 0.251 e. The molecule has 0 spiro atoms. The molecule has 0 aliphatic heterocycles. The number of nitrogens with one attached hydrogen (secondary N) is 1. The molecule has 0 aliphatic rings. The van der Waals surface area contributed by atoms with E-state index in [4.69, 9.17) is 0 Å². The number of fused-ring (bicyclic) bond motifs is 1. The predicted octanol–water partition coefficient (Wildman–Crippen LogP) is 3.23. The second kappa shape index (κ2) is 5.20. The molecule has 0 radical (unpaired) electrons. The normalized spacial score (nSPS) is 10.5. The molecule has 0 atom stereocenters. The van der Waals surface area contributed by atoms with Gasteiger partial charge in [-0.1, -0.05) is 12.1 Å². The summed E-state index contributed by atoms with van der Waals surface area (Å²) in [4.78, 5) is 17.4. The quantitative estimate of drug-likeness (QED) is 0.792. The molecule has 3 rings (SSSR count). The molecule has 1 N–H and O–H groups in total. The second-order valence-corrected chi connectivity index (χ2v) is 5.21. The van der Waals surface area contributed by atoms with Gasteiger partial charge in [0.15, 0.2) is 0 Å². The highest BCUT2D eigenvalue weighted by atomic mass is 32.1. The van der Waals surface area contributed by atoms with Crippen molar-refractivity contribution in [1.82, 2.24) is 10.3 Å². The van der Waals surface area contributed by atoms with Gasteiger partial charge in [0.05, 0.1) is 12.1 Å². The van der Waals surface area contributed by atoms with Crippen LogP contribution in [0.5, 0.6) is 0 Å². The van der Waals surface area contributed by atoms with Gasteiger partial charge >= 0.3 is 0 Å². The summed E-state index contributed by atoms with van der Waals surface area (Å²) in [5.74, 6) is -0.0563. The lowest BCUT2D eigenvalue weighted by Gasteiger charge is -2.04. The highest BCUT2D eigenvalue weighted by Crippen LogP contribution is 2.14. The fourth-order valence-corrected chi connectivity index (χ4v) is 2.54. The van der Waals surface area contributed by atoms with E-state index >= 15 is 0 Å². The van der Waals surface area contributed by atoms with Crippen LogP contribution in [-0.4, -0.2) is 10.9 Å². The van der Waals surface area contributed by atoms with Crippen LogP contribution in [0.3, 0.4) is 0 Å². The number of hydrogen-bond donors (Lipinski definition) is 1. The van der Waals surface area contributed by atoms with E-state index in [1.807, 2.05) is 41.8 Å². The highest BCUT2D eigenvalue weighted by molar-refractivity contribution is 7.09. The third kappa shape index (κ3) is 2.63. The molecule has 0 saturated heterocycles. The minimum atomic E-state index is -0.0563. The molecule has 2 heterocycles. The zero-order valence-corrected chi connectivity index (χ0v) is 11.0. The summed E-state index contributed by atoms with van der Waals surface area (Å²) >= 11 is 1.64. The number of amides is 1. The van der Waals surface area contributed by atoms with E-state index < -0.39 is 0 Å². The van der Waals surface area contributed by atoms with E-state index in [1.165, 1.54) is 0 Å². The molecule has 4 heteroatoms. The molecule has 0 aliphatic carbocycles. The van der Waals surface area contributed by atoms with Gasteiger partial charge in [0.2, 0.25) is 0 Å². The zero-order valence-electron chi connectivity index (χ0n) is 10.2. The Hall–Kier alpha value is -2.20. The summed E-state index contributed by atoms with van der Waals surface area (Å²) in [6.45, 7) is 0.571. The predicted molar refractivity (Wildman–Crippen MR) is 77.2 cm³/mol. The first-order valence-electron chi connectivity index (χ1n) is 5.98. The van der Waals surface area contributed by atoms with Gasteiger partial charge in [0, 0.05) is 22.0 Å². The second-order valence-electron chi connectivity index (χ2n) is 4.17. The van der Waals surface area contributed by atoms with E-state index in [9.17, 15) is 4.79 Å². The molecule has 3 nitrogen and oxygen atoms in total. The van der Waals surface area contributed by atoms with Crippen molar-refractivity contribution < 1.29 is 4.79 Å². The molecular formula is C15H12N2OS. The maximum atomic E-state index is 12.1. The molecule has 2 aromatic heterocycles. The maximum absolute atomic E-state index is 12.1. The SMILES string of the molecule is O=C(NCc1cccs1)c1ccc2ncccc2c1. The van der Waals surface area contributed by atoms with Crippen LogP contribution >= 0.6 is 11.3 Å².